The van der Waals surface area contributed by atoms with Crippen LogP contribution >= 0.6 is 0 Å². The van der Waals surface area contributed by atoms with Gasteiger partial charge in [-0.15, -0.1) is 0 Å². The largest absolute Gasteiger partial charge is 0.308 e. The Labute approximate surface area is 105 Å². The molecule has 2 atom stereocenters. The van der Waals surface area contributed by atoms with E-state index in [0.29, 0.717) is 12.1 Å². The van der Waals surface area contributed by atoms with E-state index < -0.39 is 0 Å². The second-order valence-electron chi connectivity index (χ2n) is 5.88. The number of likely N-dealkylation sites (N-methyl/N-ethyl adjacent to an activating group) is 1. The van der Waals surface area contributed by atoms with Gasteiger partial charge in [-0.1, -0.05) is 0 Å². The topological polar surface area (TPSA) is 42.3 Å². The van der Waals surface area contributed by atoms with Crippen LogP contribution in [0.5, 0.6) is 0 Å². The predicted octanol–water partition coefficient (Wildman–Crippen LogP) is 0.657. The molecule has 0 aromatic rings. The van der Waals surface area contributed by atoms with Crippen LogP contribution in [0.3, 0.4) is 0 Å². The number of fused-ring (bicyclic) bond motifs is 2. The quantitative estimate of drug-likeness (QED) is 0.778. The van der Waals surface area contributed by atoms with E-state index in [9.17, 15) is 5.26 Å². The molecule has 0 spiro atoms. The number of hydrogen-bond acceptors (Lipinski definition) is 4. The highest BCUT2D eigenvalue weighted by Crippen LogP contribution is 2.39. The van der Waals surface area contributed by atoms with Crippen LogP contribution in [0.15, 0.2) is 0 Å². The van der Waals surface area contributed by atoms with Crippen LogP contribution in [0.1, 0.15) is 25.7 Å². The molecule has 4 nitrogen and oxygen atoms in total. The molecule has 0 amide bonds. The third kappa shape index (κ3) is 2.62. The minimum Gasteiger partial charge on any atom is -0.308 e. The average Bonchev–Trinajstić information content (AvgIpc) is 2.53. The molecule has 2 fully saturated rings. The number of nitrogens with zero attached hydrogens (tertiary/aromatic N) is 3. The number of nitrogens with one attached hydrogen (secondary N) is 1. The molecule has 1 N–H and O–H groups in total. The van der Waals surface area contributed by atoms with Crippen molar-refractivity contribution in [3.05, 3.63) is 0 Å². The lowest BCUT2D eigenvalue weighted by Gasteiger charge is -2.42. The number of piperidine rings is 1. The van der Waals surface area contributed by atoms with E-state index in [1.54, 1.807) is 0 Å². The molecule has 2 rings (SSSR count). The Morgan fingerprint density at radius 3 is 2.41 bits per heavy atom. The molecule has 0 aromatic carbocycles. The fourth-order valence-corrected chi connectivity index (χ4v) is 3.26. The van der Waals surface area contributed by atoms with Gasteiger partial charge in [-0.05, 0) is 46.8 Å². The van der Waals surface area contributed by atoms with Gasteiger partial charge in [-0.2, -0.15) is 5.26 Å². The second kappa shape index (κ2) is 4.93. The summed E-state index contributed by atoms with van der Waals surface area (Å²) in [6.45, 7) is 1.90. The Hall–Kier alpha value is -0.630. The highest BCUT2D eigenvalue weighted by atomic mass is 15.2. The Morgan fingerprint density at radius 1 is 1.35 bits per heavy atom. The molecule has 2 heterocycles. The molecule has 0 aliphatic carbocycles. The first kappa shape index (κ1) is 12.8. The highest BCUT2D eigenvalue weighted by molar-refractivity contribution is 5.15. The van der Waals surface area contributed by atoms with Crippen LogP contribution in [0.25, 0.3) is 0 Å². The molecule has 0 saturated carbocycles. The molecule has 4 heteroatoms. The minimum absolute atomic E-state index is 0.269. The Bertz CT molecular complexity index is 293. The number of rotatable bonds is 4. The average molecular weight is 236 g/mol. The summed E-state index contributed by atoms with van der Waals surface area (Å²) in [7, 11) is 6.35. The van der Waals surface area contributed by atoms with Crippen molar-refractivity contribution in [3.8, 4) is 6.07 Å². The van der Waals surface area contributed by atoms with E-state index in [1.807, 2.05) is 0 Å². The third-order valence-corrected chi connectivity index (χ3v) is 4.39. The van der Waals surface area contributed by atoms with E-state index in [1.165, 1.54) is 12.8 Å². The molecule has 96 valence electrons. The normalized spacial score (nSPS) is 37.4. The third-order valence-electron chi connectivity index (χ3n) is 4.39. The zero-order valence-corrected chi connectivity index (χ0v) is 11.2. The molecule has 0 aromatic heterocycles. The molecule has 2 saturated heterocycles. The SMILES string of the molecule is CN(C)CCNC1(C#N)CC2CCC(C1)N2C. The van der Waals surface area contributed by atoms with Gasteiger partial charge < -0.3 is 9.80 Å². The van der Waals surface area contributed by atoms with Crippen LogP contribution < -0.4 is 5.32 Å². The first-order valence-electron chi connectivity index (χ1n) is 6.59. The van der Waals surface area contributed by atoms with Gasteiger partial charge >= 0.3 is 0 Å². The molecule has 2 bridgehead atoms. The summed E-state index contributed by atoms with van der Waals surface area (Å²) in [5, 5.41) is 13.0. The second-order valence-corrected chi connectivity index (χ2v) is 5.88. The Morgan fingerprint density at radius 2 is 1.94 bits per heavy atom. The summed E-state index contributed by atoms with van der Waals surface area (Å²) in [5.41, 5.74) is -0.269. The van der Waals surface area contributed by atoms with Crippen molar-refractivity contribution in [1.82, 2.24) is 15.1 Å². The maximum absolute atomic E-state index is 9.51. The first-order valence-corrected chi connectivity index (χ1v) is 6.59. The Kier molecular flexibility index (Phi) is 3.72. The summed E-state index contributed by atoms with van der Waals surface area (Å²) < 4.78 is 0. The zero-order chi connectivity index (χ0) is 12.5. The lowest BCUT2D eigenvalue weighted by Crippen LogP contribution is -2.56. The van der Waals surface area contributed by atoms with Crippen molar-refractivity contribution >= 4 is 0 Å². The van der Waals surface area contributed by atoms with Gasteiger partial charge in [0, 0.05) is 25.2 Å². The van der Waals surface area contributed by atoms with Gasteiger partial charge in [0.25, 0.3) is 0 Å². The summed E-state index contributed by atoms with van der Waals surface area (Å²) in [6, 6.07) is 3.78. The summed E-state index contributed by atoms with van der Waals surface area (Å²) in [6.07, 6.45) is 4.51. The van der Waals surface area contributed by atoms with E-state index in [2.05, 4.69) is 42.3 Å². The molecule has 2 aliphatic heterocycles. The Balaban J connectivity index is 1.95. The van der Waals surface area contributed by atoms with Crippen molar-refractivity contribution in [2.24, 2.45) is 0 Å². The van der Waals surface area contributed by atoms with Crippen LogP contribution in [0, 0.1) is 11.3 Å². The molecular weight excluding hydrogens is 212 g/mol. The highest BCUT2D eigenvalue weighted by Gasteiger charge is 2.46. The smallest absolute Gasteiger partial charge is 0.109 e. The van der Waals surface area contributed by atoms with Gasteiger partial charge in [0.05, 0.1) is 6.07 Å². The van der Waals surface area contributed by atoms with E-state index in [0.717, 1.165) is 25.9 Å². The number of nitriles is 1. The van der Waals surface area contributed by atoms with E-state index in [4.69, 9.17) is 0 Å². The molecule has 2 unspecified atom stereocenters. The first-order chi connectivity index (χ1) is 8.06. The van der Waals surface area contributed by atoms with Crippen molar-refractivity contribution in [2.75, 3.05) is 34.2 Å². The fraction of sp³-hybridized carbons (Fsp3) is 0.923. The summed E-state index contributed by atoms with van der Waals surface area (Å²) in [5.74, 6) is 0. The maximum Gasteiger partial charge on any atom is 0.109 e. The van der Waals surface area contributed by atoms with E-state index >= 15 is 0 Å². The van der Waals surface area contributed by atoms with Crippen molar-refractivity contribution in [2.45, 2.75) is 43.3 Å². The summed E-state index contributed by atoms with van der Waals surface area (Å²) >= 11 is 0. The number of hydrogen-bond donors (Lipinski definition) is 1. The van der Waals surface area contributed by atoms with Gasteiger partial charge in [-0.25, -0.2) is 0 Å². The molecule has 2 aliphatic rings. The lowest BCUT2D eigenvalue weighted by atomic mass is 9.84. The van der Waals surface area contributed by atoms with Gasteiger partial charge in [0.2, 0.25) is 0 Å². The van der Waals surface area contributed by atoms with Gasteiger partial charge in [0.1, 0.15) is 5.54 Å². The van der Waals surface area contributed by atoms with Crippen molar-refractivity contribution < 1.29 is 0 Å². The molecular formula is C13H24N4. The predicted molar refractivity (Wildman–Crippen MR) is 68.7 cm³/mol. The minimum atomic E-state index is -0.269. The van der Waals surface area contributed by atoms with E-state index in [-0.39, 0.29) is 5.54 Å². The summed E-state index contributed by atoms with van der Waals surface area (Å²) in [4.78, 5) is 4.63. The van der Waals surface area contributed by atoms with Gasteiger partial charge in [0.15, 0.2) is 0 Å². The van der Waals surface area contributed by atoms with Crippen LogP contribution in [0.2, 0.25) is 0 Å². The fourth-order valence-electron chi connectivity index (χ4n) is 3.26. The standard InChI is InChI=1S/C13H24N4/c1-16(2)7-6-15-13(10-14)8-11-4-5-12(9-13)17(11)3/h11-12,15H,4-9H2,1-3H3. The van der Waals surface area contributed by atoms with Crippen LogP contribution in [0.4, 0.5) is 0 Å². The molecule has 17 heavy (non-hydrogen) atoms. The lowest BCUT2D eigenvalue weighted by molar-refractivity contribution is 0.118. The maximum atomic E-state index is 9.51. The van der Waals surface area contributed by atoms with Crippen molar-refractivity contribution in [3.63, 3.8) is 0 Å². The van der Waals surface area contributed by atoms with Crippen molar-refractivity contribution in [1.29, 1.82) is 5.26 Å². The monoisotopic (exact) mass is 236 g/mol. The van der Waals surface area contributed by atoms with Crippen LogP contribution in [-0.2, 0) is 0 Å². The van der Waals surface area contributed by atoms with Crippen LogP contribution in [-0.4, -0.2) is 61.7 Å². The molecule has 0 radical (unpaired) electrons. The zero-order valence-electron chi connectivity index (χ0n) is 11.2. The van der Waals surface area contributed by atoms with Gasteiger partial charge in [-0.3, -0.25) is 5.32 Å².